The van der Waals surface area contributed by atoms with Gasteiger partial charge in [-0.05, 0) is 22.3 Å². The number of hydrogen-bond acceptors (Lipinski definition) is 4. The van der Waals surface area contributed by atoms with Crippen molar-refractivity contribution in [3.8, 4) is 11.1 Å². The summed E-state index contributed by atoms with van der Waals surface area (Å²) in [5, 5.41) is 18.9. The Morgan fingerprint density at radius 3 is 2.19 bits per heavy atom. The Bertz CT molecular complexity index is 819. The van der Waals surface area contributed by atoms with Crippen molar-refractivity contribution in [3.05, 3.63) is 59.7 Å². The number of carbonyl (C=O) groups excluding carboxylic acids is 1. The molecule has 1 unspecified atom stereocenters. The van der Waals surface area contributed by atoms with Gasteiger partial charge >= 0.3 is 12.1 Å². The minimum Gasteiger partial charge on any atom is -0.480 e. The second kappa shape index (κ2) is 6.46. The van der Waals surface area contributed by atoms with Crippen LogP contribution in [0, 0.1) is 0 Å². The predicted octanol–water partition coefficient (Wildman–Crippen LogP) is 2.46. The van der Waals surface area contributed by atoms with Crippen LogP contribution >= 0.6 is 0 Å². The molecule has 2 aromatic rings. The Morgan fingerprint density at radius 2 is 1.62 bits per heavy atom. The highest BCUT2D eigenvalue weighted by atomic mass is 16.6. The highest BCUT2D eigenvalue weighted by molar-refractivity contribution is 5.81. The number of β-amino-alcohol motifs (C(OH)–C–C–N with tert-alkyl or cyclic N) is 1. The fourth-order valence-electron chi connectivity index (χ4n) is 3.93. The number of aliphatic hydroxyl groups excluding tert-OH is 1. The Hall–Kier alpha value is -2.86. The fourth-order valence-corrected chi connectivity index (χ4v) is 3.93. The van der Waals surface area contributed by atoms with Gasteiger partial charge in [-0.3, -0.25) is 4.90 Å². The van der Waals surface area contributed by atoms with Gasteiger partial charge in [0.15, 0.2) is 0 Å². The van der Waals surface area contributed by atoms with Gasteiger partial charge in [0.2, 0.25) is 0 Å². The number of carbonyl (C=O) groups is 2. The van der Waals surface area contributed by atoms with Crippen molar-refractivity contribution in [3.63, 3.8) is 0 Å². The Labute approximate surface area is 150 Å². The van der Waals surface area contributed by atoms with Crippen LogP contribution in [0.2, 0.25) is 0 Å². The smallest absolute Gasteiger partial charge is 0.410 e. The standard InChI is InChI=1S/C20H19NO5/c22-12-9-18(19(23)24)21(10-12)20(25)26-11-17-15-7-3-1-5-13(15)14-6-2-4-8-16(14)17/h1-8,12,17-18,22H,9-11H2,(H,23,24)/t12?,18-/m0/s1. The number of benzene rings is 2. The number of aliphatic hydroxyl groups is 1. The van der Waals surface area contributed by atoms with E-state index >= 15 is 0 Å². The lowest BCUT2D eigenvalue weighted by Gasteiger charge is -2.22. The van der Waals surface area contributed by atoms with Crippen molar-refractivity contribution in [2.75, 3.05) is 13.2 Å². The number of likely N-dealkylation sites (tertiary alicyclic amines) is 1. The quantitative estimate of drug-likeness (QED) is 0.885. The molecule has 6 heteroatoms. The molecule has 4 rings (SSSR count). The van der Waals surface area contributed by atoms with E-state index in [0.717, 1.165) is 27.2 Å². The van der Waals surface area contributed by atoms with Gasteiger partial charge in [-0.1, -0.05) is 48.5 Å². The summed E-state index contributed by atoms with van der Waals surface area (Å²) >= 11 is 0. The minimum absolute atomic E-state index is 0.0202. The van der Waals surface area contributed by atoms with Gasteiger partial charge < -0.3 is 14.9 Å². The minimum atomic E-state index is -1.13. The summed E-state index contributed by atoms with van der Waals surface area (Å²) in [6, 6.07) is 15.0. The van der Waals surface area contributed by atoms with E-state index in [2.05, 4.69) is 0 Å². The third-order valence-corrected chi connectivity index (χ3v) is 5.13. The molecule has 0 radical (unpaired) electrons. The maximum atomic E-state index is 12.4. The number of carboxylic acids is 1. The molecular weight excluding hydrogens is 334 g/mol. The number of hydrogen-bond donors (Lipinski definition) is 2. The summed E-state index contributed by atoms with van der Waals surface area (Å²) in [5.41, 5.74) is 4.45. The summed E-state index contributed by atoms with van der Waals surface area (Å²) in [5.74, 6) is -1.21. The molecular formula is C20H19NO5. The summed E-state index contributed by atoms with van der Waals surface area (Å²) in [4.78, 5) is 24.8. The van der Waals surface area contributed by atoms with Crippen LogP contribution in [-0.2, 0) is 9.53 Å². The van der Waals surface area contributed by atoms with E-state index in [-0.39, 0.29) is 25.5 Å². The second-order valence-electron chi connectivity index (χ2n) is 6.70. The zero-order valence-corrected chi connectivity index (χ0v) is 14.0. The van der Waals surface area contributed by atoms with E-state index < -0.39 is 24.2 Å². The Morgan fingerprint density at radius 1 is 1.04 bits per heavy atom. The molecule has 0 aromatic heterocycles. The number of nitrogens with zero attached hydrogens (tertiary/aromatic N) is 1. The van der Waals surface area contributed by atoms with Crippen molar-refractivity contribution < 1.29 is 24.5 Å². The van der Waals surface area contributed by atoms with E-state index in [1.54, 1.807) is 0 Å². The highest BCUT2D eigenvalue weighted by Gasteiger charge is 2.40. The third-order valence-electron chi connectivity index (χ3n) is 5.13. The van der Waals surface area contributed by atoms with E-state index in [1.807, 2.05) is 48.5 Å². The van der Waals surface area contributed by atoms with Crippen molar-refractivity contribution in [1.29, 1.82) is 0 Å². The normalized spacial score (nSPS) is 21.3. The van der Waals surface area contributed by atoms with Gasteiger partial charge in [0.25, 0.3) is 0 Å². The maximum absolute atomic E-state index is 12.4. The molecule has 26 heavy (non-hydrogen) atoms. The zero-order chi connectivity index (χ0) is 18.3. The van der Waals surface area contributed by atoms with Crippen LogP contribution in [0.25, 0.3) is 11.1 Å². The molecule has 1 saturated heterocycles. The van der Waals surface area contributed by atoms with Gasteiger partial charge in [-0.15, -0.1) is 0 Å². The van der Waals surface area contributed by atoms with E-state index in [9.17, 15) is 19.8 Å². The van der Waals surface area contributed by atoms with Gasteiger partial charge in [-0.25, -0.2) is 9.59 Å². The monoisotopic (exact) mass is 353 g/mol. The number of ether oxygens (including phenoxy) is 1. The topological polar surface area (TPSA) is 87.1 Å². The lowest BCUT2D eigenvalue weighted by atomic mass is 9.98. The number of fused-ring (bicyclic) bond motifs is 3. The van der Waals surface area contributed by atoms with Crippen molar-refractivity contribution in [1.82, 2.24) is 4.90 Å². The number of amides is 1. The third kappa shape index (κ3) is 2.72. The molecule has 134 valence electrons. The first-order valence-corrected chi connectivity index (χ1v) is 8.58. The van der Waals surface area contributed by atoms with Crippen LogP contribution in [0.1, 0.15) is 23.5 Å². The summed E-state index contributed by atoms with van der Waals surface area (Å²) < 4.78 is 5.46. The van der Waals surface area contributed by atoms with Crippen molar-refractivity contribution in [2.24, 2.45) is 0 Å². The fraction of sp³-hybridized carbons (Fsp3) is 0.300. The first kappa shape index (κ1) is 16.6. The molecule has 0 spiro atoms. The van der Waals surface area contributed by atoms with Gasteiger partial charge in [0.1, 0.15) is 12.6 Å². The number of aliphatic carboxylic acids is 1. The second-order valence-corrected chi connectivity index (χ2v) is 6.70. The van der Waals surface area contributed by atoms with Gasteiger partial charge in [0, 0.05) is 12.3 Å². The molecule has 2 aromatic carbocycles. The summed E-state index contributed by atoms with van der Waals surface area (Å²) in [7, 11) is 0. The molecule has 2 aliphatic rings. The lowest BCUT2D eigenvalue weighted by molar-refractivity contribution is -0.141. The summed E-state index contributed by atoms with van der Waals surface area (Å²) in [6.45, 7) is 0.111. The zero-order valence-electron chi connectivity index (χ0n) is 14.0. The van der Waals surface area contributed by atoms with Crippen molar-refractivity contribution >= 4 is 12.1 Å². The average Bonchev–Trinajstić information content (AvgIpc) is 3.18. The van der Waals surface area contributed by atoms with Crippen LogP contribution in [-0.4, -0.2) is 52.5 Å². The first-order chi connectivity index (χ1) is 12.6. The lowest BCUT2D eigenvalue weighted by Crippen LogP contribution is -2.41. The average molecular weight is 353 g/mol. The molecule has 1 amide bonds. The van der Waals surface area contributed by atoms with E-state index in [1.165, 1.54) is 0 Å². The largest absolute Gasteiger partial charge is 0.480 e. The van der Waals surface area contributed by atoms with Crippen LogP contribution in [0.15, 0.2) is 48.5 Å². The molecule has 2 atom stereocenters. The summed E-state index contributed by atoms with van der Waals surface area (Å²) in [6.07, 6.45) is -1.51. The van der Waals surface area contributed by atoms with E-state index in [4.69, 9.17) is 4.74 Å². The Balaban J connectivity index is 1.53. The molecule has 1 heterocycles. The van der Waals surface area contributed by atoms with Crippen LogP contribution in [0.4, 0.5) is 4.79 Å². The number of carboxylic acid groups (broad SMARTS) is 1. The first-order valence-electron chi connectivity index (χ1n) is 8.58. The molecule has 6 nitrogen and oxygen atoms in total. The molecule has 1 aliphatic heterocycles. The SMILES string of the molecule is O=C(O)[C@@H]1CC(O)CN1C(=O)OCC1c2ccccc2-c2ccccc21. The van der Waals surface area contributed by atoms with Crippen molar-refractivity contribution in [2.45, 2.75) is 24.5 Å². The Kier molecular flexibility index (Phi) is 4.12. The molecule has 0 bridgehead atoms. The van der Waals surface area contributed by atoms with Crippen LogP contribution < -0.4 is 0 Å². The van der Waals surface area contributed by atoms with Crippen LogP contribution in [0.5, 0.6) is 0 Å². The maximum Gasteiger partial charge on any atom is 0.410 e. The van der Waals surface area contributed by atoms with Crippen LogP contribution in [0.3, 0.4) is 0 Å². The van der Waals surface area contributed by atoms with E-state index in [0.29, 0.717) is 0 Å². The number of rotatable bonds is 3. The molecule has 1 fully saturated rings. The molecule has 0 saturated carbocycles. The van der Waals surface area contributed by atoms with Gasteiger partial charge in [0.05, 0.1) is 12.6 Å². The highest BCUT2D eigenvalue weighted by Crippen LogP contribution is 2.44. The molecule has 2 N–H and O–H groups in total. The predicted molar refractivity (Wildman–Crippen MR) is 93.8 cm³/mol. The van der Waals surface area contributed by atoms with Gasteiger partial charge in [-0.2, -0.15) is 0 Å². The molecule has 1 aliphatic carbocycles.